The lowest BCUT2D eigenvalue weighted by Crippen LogP contribution is -2.45. The van der Waals surface area contributed by atoms with Crippen molar-refractivity contribution < 1.29 is 5.11 Å². The van der Waals surface area contributed by atoms with Crippen LogP contribution in [0.2, 0.25) is 0 Å². The number of nitrogens with zero attached hydrogens (tertiary/aromatic N) is 1. The summed E-state index contributed by atoms with van der Waals surface area (Å²) in [5.41, 5.74) is 0. The Labute approximate surface area is 107 Å². The number of rotatable bonds is 7. The van der Waals surface area contributed by atoms with Crippen molar-refractivity contribution in [3.05, 3.63) is 0 Å². The van der Waals surface area contributed by atoms with Crippen LogP contribution in [0.5, 0.6) is 0 Å². The SMILES string of the molecule is CCNC(CCO)CN(C)C1CCC(C)CC1. The second-order valence-corrected chi connectivity index (χ2v) is 5.62. The number of aliphatic hydroxyl groups excluding tert-OH is 1. The third-order valence-corrected chi connectivity index (χ3v) is 4.09. The minimum Gasteiger partial charge on any atom is -0.396 e. The summed E-state index contributed by atoms with van der Waals surface area (Å²) in [6.07, 6.45) is 6.30. The molecule has 0 heterocycles. The Bertz CT molecular complexity index is 185. The number of hydrogen-bond acceptors (Lipinski definition) is 3. The highest BCUT2D eigenvalue weighted by Gasteiger charge is 2.23. The highest BCUT2D eigenvalue weighted by atomic mass is 16.3. The molecule has 1 aliphatic rings. The second-order valence-electron chi connectivity index (χ2n) is 5.62. The highest BCUT2D eigenvalue weighted by Crippen LogP contribution is 2.26. The quantitative estimate of drug-likeness (QED) is 0.715. The molecule has 1 aliphatic carbocycles. The molecule has 102 valence electrons. The fraction of sp³-hybridized carbons (Fsp3) is 1.00. The monoisotopic (exact) mass is 242 g/mol. The summed E-state index contributed by atoms with van der Waals surface area (Å²) >= 11 is 0. The summed E-state index contributed by atoms with van der Waals surface area (Å²) in [7, 11) is 2.24. The molecule has 3 heteroatoms. The van der Waals surface area contributed by atoms with E-state index in [2.05, 4.69) is 31.1 Å². The number of likely N-dealkylation sites (N-methyl/N-ethyl adjacent to an activating group) is 2. The van der Waals surface area contributed by atoms with Crippen molar-refractivity contribution in [2.24, 2.45) is 5.92 Å². The van der Waals surface area contributed by atoms with Crippen LogP contribution < -0.4 is 5.32 Å². The summed E-state index contributed by atoms with van der Waals surface area (Å²) in [6, 6.07) is 1.19. The zero-order valence-corrected chi connectivity index (χ0v) is 11.8. The van der Waals surface area contributed by atoms with E-state index in [4.69, 9.17) is 5.11 Å². The molecule has 0 aliphatic heterocycles. The molecule has 1 saturated carbocycles. The minimum absolute atomic E-state index is 0.285. The van der Waals surface area contributed by atoms with Gasteiger partial charge in [-0.05, 0) is 51.6 Å². The molecule has 1 atom stereocenters. The highest BCUT2D eigenvalue weighted by molar-refractivity contribution is 4.79. The Morgan fingerprint density at radius 3 is 2.47 bits per heavy atom. The first-order valence-corrected chi connectivity index (χ1v) is 7.21. The van der Waals surface area contributed by atoms with Crippen molar-refractivity contribution in [2.45, 2.75) is 58.0 Å². The van der Waals surface area contributed by atoms with Gasteiger partial charge >= 0.3 is 0 Å². The Balaban J connectivity index is 2.32. The molecule has 0 aromatic carbocycles. The lowest BCUT2D eigenvalue weighted by atomic mass is 9.86. The summed E-state index contributed by atoms with van der Waals surface area (Å²) in [6.45, 7) is 6.83. The van der Waals surface area contributed by atoms with Gasteiger partial charge in [-0.2, -0.15) is 0 Å². The summed E-state index contributed by atoms with van der Waals surface area (Å²) < 4.78 is 0. The van der Waals surface area contributed by atoms with Crippen LogP contribution in [-0.2, 0) is 0 Å². The largest absolute Gasteiger partial charge is 0.396 e. The summed E-state index contributed by atoms with van der Waals surface area (Å²) in [4.78, 5) is 2.49. The lowest BCUT2D eigenvalue weighted by Gasteiger charge is -2.35. The zero-order chi connectivity index (χ0) is 12.7. The molecule has 1 rings (SSSR count). The maximum atomic E-state index is 9.06. The molecule has 0 saturated heterocycles. The molecule has 0 bridgehead atoms. The molecule has 0 radical (unpaired) electrons. The van der Waals surface area contributed by atoms with Gasteiger partial charge in [-0.25, -0.2) is 0 Å². The van der Waals surface area contributed by atoms with Gasteiger partial charge in [-0.3, -0.25) is 0 Å². The van der Waals surface area contributed by atoms with Gasteiger partial charge in [-0.1, -0.05) is 13.8 Å². The number of nitrogens with one attached hydrogen (secondary N) is 1. The van der Waals surface area contributed by atoms with Crippen molar-refractivity contribution in [2.75, 3.05) is 26.7 Å². The molecular formula is C14H30N2O. The first-order chi connectivity index (χ1) is 8.17. The van der Waals surface area contributed by atoms with Crippen LogP contribution in [0, 0.1) is 5.92 Å². The van der Waals surface area contributed by atoms with Crippen molar-refractivity contribution in [3.8, 4) is 0 Å². The van der Waals surface area contributed by atoms with Crippen LogP contribution in [0.1, 0.15) is 46.0 Å². The predicted molar refractivity (Wildman–Crippen MR) is 73.2 cm³/mol. The predicted octanol–water partition coefficient (Wildman–Crippen LogP) is 1.86. The van der Waals surface area contributed by atoms with Crippen LogP contribution in [0.3, 0.4) is 0 Å². The van der Waals surface area contributed by atoms with Gasteiger partial charge in [-0.15, -0.1) is 0 Å². The fourth-order valence-corrected chi connectivity index (χ4v) is 2.88. The molecule has 0 aromatic heterocycles. The molecule has 3 nitrogen and oxygen atoms in total. The molecule has 2 N–H and O–H groups in total. The van der Waals surface area contributed by atoms with Gasteiger partial charge in [0.25, 0.3) is 0 Å². The zero-order valence-electron chi connectivity index (χ0n) is 11.8. The summed E-state index contributed by atoms with van der Waals surface area (Å²) in [5, 5.41) is 12.5. The van der Waals surface area contributed by atoms with Gasteiger partial charge in [0, 0.05) is 25.2 Å². The molecule has 0 spiro atoms. The van der Waals surface area contributed by atoms with E-state index in [9.17, 15) is 0 Å². The van der Waals surface area contributed by atoms with Crippen LogP contribution in [-0.4, -0.2) is 48.8 Å². The van der Waals surface area contributed by atoms with Crippen LogP contribution in [0.4, 0.5) is 0 Å². The Kier molecular flexibility index (Phi) is 7.09. The van der Waals surface area contributed by atoms with Gasteiger partial charge < -0.3 is 15.3 Å². The average Bonchev–Trinajstić information content (AvgIpc) is 2.30. The van der Waals surface area contributed by atoms with Crippen molar-refractivity contribution >= 4 is 0 Å². The van der Waals surface area contributed by atoms with E-state index in [1.165, 1.54) is 25.7 Å². The van der Waals surface area contributed by atoms with E-state index in [-0.39, 0.29) is 6.61 Å². The first kappa shape index (κ1) is 14.9. The van der Waals surface area contributed by atoms with Gasteiger partial charge in [0.2, 0.25) is 0 Å². The van der Waals surface area contributed by atoms with E-state index in [1.807, 2.05) is 0 Å². The van der Waals surface area contributed by atoms with Gasteiger partial charge in [0.05, 0.1) is 0 Å². The molecule has 1 unspecified atom stereocenters. The Hall–Kier alpha value is -0.120. The van der Waals surface area contributed by atoms with Crippen LogP contribution >= 0.6 is 0 Å². The third kappa shape index (κ3) is 5.36. The summed E-state index contributed by atoms with van der Waals surface area (Å²) in [5.74, 6) is 0.918. The van der Waals surface area contributed by atoms with E-state index in [0.29, 0.717) is 6.04 Å². The minimum atomic E-state index is 0.285. The fourth-order valence-electron chi connectivity index (χ4n) is 2.88. The van der Waals surface area contributed by atoms with Gasteiger partial charge in [0.15, 0.2) is 0 Å². The third-order valence-electron chi connectivity index (χ3n) is 4.09. The van der Waals surface area contributed by atoms with Crippen LogP contribution in [0.25, 0.3) is 0 Å². The topological polar surface area (TPSA) is 35.5 Å². The van der Waals surface area contributed by atoms with Crippen LogP contribution in [0.15, 0.2) is 0 Å². The average molecular weight is 242 g/mol. The lowest BCUT2D eigenvalue weighted by molar-refractivity contribution is 0.147. The maximum Gasteiger partial charge on any atom is 0.0446 e. The van der Waals surface area contributed by atoms with E-state index in [0.717, 1.165) is 31.5 Å². The van der Waals surface area contributed by atoms with Gasteiger partial charge in [0.1, 0.15) is 0 Å². The maximum absolute atomic E-state index is 9.06. The first-order valence-electron chi connectivity index (χ1n) is 7.21. The number of aliphatic hydroxyl groups is 1. The standard InChI is InChI=1S/C14H30N2O/c1-4-15-13(9-10-17)11-16(3)14-7-5-12(2)6-8-14/h12-15,17H,4-11H2,1-3H3. The molecule has 0 aromatic rings. The second kappa shape index (κ2) is 8.06. The van der Waals surface area contributed by atoms with E-state index >= 15 is 0 Å². The molecule has 0 amide bonds. The number of hydrogen-bond donors (Lipinski definition) is 2. The van der Waals surface area contributed by atoms with Crippen molar-refractivity contribution in [3.63, 3.8) is 0 Å². The molecule has 1 fully saturated rings. The smallest absolute Gasteiger partial charge is 0.0446 e. The van der Waals surface area contributed by atoms with Crippen molar-refractivity contribution in [1.82, 2.24) is 10.2 Å². The Morgan fingerprint density at radius 1 is 1.29 bits per heavy atom. The van der Waals surface area contributed by atoms with E-state index in [1.54, 1.807) is 0 Å². The molecular weight excluding hydrogens is 212 g/mol. The molecule has 17 heavy (non-hydrogen) atoms. The Morgan fingerprint density at radius 2 is 1.94 bits per heavy atom. The van der Waals surface area contributed by atoms with E-state index < -0.39 is 0 Å². The van der Waals surface area contributed by atoms with Crippen molar-refractivity contribution in [1.29, 1.82) is 0 Å². The normalized spacial score (nSPS) is 27.4.